The molecule has 1 N–H and O–H groups in total. The van der Waals surface area contributed by atoms with Crippen LogP contribution in [0.5, 0.6) is 0 Å². The third kappa shape index (κ3) is 2.40. The molecule has 1 aromatic rings. The van der Waals surface area contributed by atoms with E-state index in [-0.39, 0.29) is 5.56 Å². The van der Waals surface area contributed by atoms with Crippen LogP contribution >= 0.6 is 15.9 Å². The van der Waals surface area contributed by atoms with Crippen molar-refractivity contribution in [3.8, 4) is 0 Å². The van der Waals surface area contributed by atoms with Crippen LogP contribution in [0.1, 0.15) is 19.8 Å². The first-order valence-corrected chi connectivity index (χ1v) is 6.01. The molecule has 0 spiro atoms. The van der Waals surface area contributed by atoms with E-state index in [0.717, 1.165) is 18.2 Å². The number of aromatic nitrogens is 2. The van der Waals surface area contributed by atoms with Gasteiger partial charge in [-0.15, -0.1) is 0 Å². The Bertz CT molecular complexity index is 412. The van der Waals surface area contributed by atoms with Crippen molar-refractivity contribution in [1.29, 1.82) is 0 Å². The van der Waals surface area contributed by atoms with Crippen LogP contribution in [0.15, 0.2) is 15.5 Å². The molecule has 0 aliphatic heterocycles. The minimum Gasteiger partial charge on any atom is -0.382 e. The van der Waals surface area contributed by atoms with E-state index in [0.29, 0.717) is 11.0 Å². The monoisotopic (exact) mass is 271 g/mol. The van der Waals surface area contributed by atoms with Crippen LogP contribution in [0.25, 0.3) is 0 Å². The SMILES string of the molecule is CCn1ncc(NCC2CC2)c(Br)c1=O. The van der Waals surface area contributed by atoms with Gasteiger partial charge in [0, 0.05) is 13.1 Å². The van der Waals surface area contributed by atoms with Gasteiger partial charge in [-0.05, 0) is 41.6 Å². The molecule has 0 unspecified atom stereocenters. The Balaban J connectivity index is 2.16. The summed E-state index contributed by atoms with van der Waals surface area (Å²) < 4.78 is 2.02. The summed E-state index contributed by atoms with van der Waals surface area (Å²) >= 11 is 3.31. The lowest BCUT2D eigenvalue weighted by molar-refractivity contribution is 0.612. The smallest absolute Gasteiger partial charge is 0.283 e. The van der Waals surface area contributed by atoms with Crippen LogP contribution < -0.4 is 10.9 Å². The van der Waals surface area contributed by atoms with Gasteiger partial charge in [0.1, 0.15) is 4.47 Å². The topological polar surface area (TPSA) is 46.9 Å². The highest BCUT2D eigenvalue weighted by Gasteiger charge is 2.21. The van der Waals surface area contributed by atoms with Gasteiger partial charge in [-0.25, -0.2) is 4.68 Å². The van der Waals surface area contributed by atoms with Crippen LogP contribution in [0.4, 0.5) is 5.69 Å². The lowest BCUT2D eigenvalue weighted by Gasteiger charge is -2.08. The van der Waals surface area contributed by atoms with Gasteiger partial charge in [0.05, 0.1) is 11.9 Å². The number of aryl methyl sites for hydroxylation is 1. The van der Waals surface area contributed by atoms with Crippen molar-refractivity contribution in [2.45, 2.75) is 26.3 Å². The number of hydrogen-bond acceptors (Lipinski definition) is 3. The Kier molecular flexibility index (Phi) is 3.09. The third-order valence-electron chi connectivity index (χ3n) is 2.56. The van der Waals surface area contributed by atoms with Crippen molar-refractivity contribution in [3.63, 3.8) is 0 Å². The standard InChI is InChI=1S/C10H14BrN3O/c1-2-14-10(15)9(11)8(6-13-14)12-5-7-3-4-7/h6-7,12H,2-5H2,1H3. The molecule has 1 saturated carbocycles. The molecule has 0 aromatic carbocycles. The van der Waals surface area contributed by atoms with E-state index in [1.807, 2.05) is 6.92 Å². The number of nitrogens with zero attached hydrogens (tertiary/aromatic N) is 2. The normalized spacial score (nSPS) is 15.3. The fourth-order valence-corrected chi connectivity index (χ4v) is 1.84. The molecule has 0 bridgehead atoms. The Morgan fingerprint density at radius 1 is 1.67 bits per heavy atom. The summed E-state index contributed by atoms with van der Waals surface area (Å²) in [6.07, 6.45) is 4.30. The van der Waals surface area contributed by atoms with Gasteiger partial charge in [0.2, 0.25) is 0 Å². The second kappa shape index (κ2) is 4.35. The Labute approximate surface area is 96.8 Å². The quantitative estimate of drug-likeness (QED) is 0.909. The first-order valence-electron chi connectivity index (χ1n) is 5.22. The van der Waals surface area contributed by atoms with E-state index < -0.39 is 0 Å². The van der Waals surface area contributed by atoms with Crippen LogP contribution in [0.3, 0.4) is 0 Å². The molecule has 1 aliphatic rings. The van der Waals surface area contributed by atoms with Crippen LogP contribution in [0.2, 0.25) is 0 Å². The maximum atomic E-state index is 11.7. The summed E-state index contributed by atoms with van der Waals surface area (Å²) in [7, 11) is 0. The van der Waals surface area contributed by atoms with Gasteiger partial charge in [-0.2, -0.15) is 5.10 Å². The summed E-state index contributed by atoms with van der Waals surface area (Å²) in [4.78, 5) is 11.7. The van der Waals surface area contributed by atoms with Crippen molar-refractivity contribution < 1.29 is 0 Å². The molecule has 2 rings (SSSR count). The molecular formula is C10H14BrN3O. The Morgan fingerprint density at radius 3 is 3.00 bits per heavy atom. The summed E-state index contributed by atoms with van der Waals surface area (Å²) in [6.45, 7) is 3.44. The average molecular weight is 272 g/mol. The molecule has 1 aliphatic carbocycles. The average Bonchev–Trinajstić information content (AvgIpc) is 3.04. The van der Waals surface area contributed by atoms with E-state index in [9.17, 15) is 4.79 Å². The number of anilines is 1. The van der Waals surface area contributed by atoms with Crippen molar-refractivity contribution in [1.82, 2.24) is 9.78 Å². The maximum absolute atomic E-state index is 11.7. The molecule has 82 valence electrons. The zero-order valence-electron chi connectivity index (χ0n) is 8.66. The summed E-state index contributed by atoms with van der Waals surface area (Å²) in [5.41, 5.74) is 0.731. The molecule has 1 heterocycles. The van der Waals surface area contributed by atoms with Gasteiger partial charge < -0.3 is 5.32 Å². The van der Waals surface area contributed by atoms with Crippen molar-refractivity contribution in [3.05, 3.63) is 21.0 Å². The fourth-order valence-electron chi connectivity index (χ4n) is 1.39. The summed E-state index contributed by atoms with van der Waals surface area (Å²) in [6, 6.07) is 0. The van der Waals surface area contributed by atoms with Gasteiger partial charge in [0.15, 0.2) is 0 Å². The van der Waals surface area contributed by atoms with Crippen molar-refractivity contribution >= 4 is 21.6 Å². The highest BCUT2D eigenvalue weighted by molar-refractivity contribution is 9.10. The second-order valence-electron chi connectivity index (χ2n) is 3.82. The molecule has 15 heavy (non-hydrogen) atoms. The third-order valence-corrected chi connectivity index (χ3v) is 3.33. The number of hydrogen-bond donors (Lipinski definition) is 1. The predicted molar refractivity (Wildman–Crippen MR) is 63.1 cm³/mol. The molecule has 0 radical (unpaired) electrons. The highest BCUT2D eigenvalue weighted by Crippen LogP contribution is 2.29. The van der Waals surface area contributed by atoms with Crippen molar-refractivity contribution in [2.75, 3.05) is 11.9 Å². The zero-order chi connectivity index (χ0) is 10.8. The lowest BCUT2D eigenvalue weighted by atomic mass is 10.4. The van der Waals surface area contributed by atoms with Gasteiger partial charge in [-0.1, -0.05) is 0 Å². The van der Waals surface area contributed by atoms with E-state index in [1.165, 1.54) is 17.5 Å². The molecule has 5 heteroatoms. The number of rotatable bonds is 4. The number of halogens is 1. The zero-order valence-corrected chi connectivity index (χ0v) is 10.2. The summed E-state index contributed by atoms with van der Waals surface area (Å²) in [5.74, 6) is 0.783. The molecule has 0 amide bonds. The van der Waals surface area contributed by atoms with Crippen LogP contribution in [-0.4, -0.2) is 16.3 Å². The molecule has 1 fully saturated rings. The van der Waals surface area contributed by atoms with E-state index in [4.69, 9.17) is 0 Å². The van der Waals surface area contributed by atoms with E-state index in [1.54, 1.807) is 6.20 Å². The molecule has 4 nitrogen and oxygen atoms in total. The Hall–Kier alpha value is -0.840. The van der Waals surface area contributed by atoms with E-state index >= 15 is 0 Å². The van der Waals surface area contributed by atoms with Crippen LogP contribution in [-0.2, 0) is 6.54 Å². The molecule has 0 atom stereocenters. The Morgan fingerprint density at radius 2 is 2.40 bits per heavy atom. The molecular weight excluding hydrogens is 258 g/mol. The van der Waals surface area contributed by atoms with Crippen molar-refractivity contribution in [2.24, 2.45) is 5.92 Å². The largest absolute Gasteiger partial charge is 0.382 e. The van der Waals surface area contributed by atoms with Gasteiger partial charge in [0.25, 0.3) is 5.56 Å². The first kappa shape index (κ1) is 10.7. The lowest BCUT2D eigenvalue weighted by Crippen LogP contribution is -2.23. The second-order valence-corrected chi connectivity index (χ2v) is 4.61. The van der Waals surface area contributed by atoms with E-state index in [2.05, 4.69) is 26.3 Å². The fraction of sp³-hybridized carbons (Fsp3) is 0.600. The predicted octanol–water partition coefficient (Wildman–Crippen LogP) is 1.85. The maximum Gasteiger partial charge on any atom is 0.283 e. The first-order chi connectivity index (χ1) is 7.22. The molecule has 1 aromatic heterocycles. The van der Waals surface area contributed by atoms with Crippen LogP contribution in [0, 0.1) is 5.92 Å². The number of nitrogens with one attached hydrogen (secondary N) is 1. The summed E-state index contributed by atoms with van der Waals surface area (Å²) in [5, 5.41) is 7.31. The van der Waals surface area contributed by atoms with Gasteiger partial charge >= 0.3 is 0 Å². The minimum absolute atomic E-state index is 0.0710. The minimum atomic E-state index is -0.0710. The highest BCUT2D eigenvalue weighted by atomic mass is 79.9. The van der Waals surface area contributed by atoms with Gasteiger partial charge in [-0.3, -0.25) is 4.79 Å². The molecule has 0 saturated heterocycles.